The van der Waals surface area contributed by atoms with Gasteiger partial charge in [-0.25, -0.2) is 9.78 Å². The molecule has 1 aromatic carbocycles. The van der Waals surface area contributed by atoms with Crippen LogP contribution in [0.4, 0.5) is 5.69 Å². The van der Waals surface area contributed by atoms with Crippen LogP contribution in [0.5, 0.6) is 0 Å². The number of nitrogens with zero attached hydrogens (tertiary/aromatic N) is 4. The third-order valence-electron chi connectivity index (χ3n) is 6.60. The van der Waals surface area contributed by atoms with E-state index in [0.717, 1.165) is 0 Å². The summed E-state index contributed by atoms with van der Waals surface area (Å²) in [7, 11) is 0. The molecular formula is C24H22N4O7S. The maximum atomic E-state index is 13.3. The summed E-state index contributed by atoms with van der Waals surface area (Å²) in [6.45, 7) is 3.17. The van der Waals surface area contributed by atoms with Gasteiger partial charge in [0.25, 0.3) is 5.69 Å². The molecule has 1 N–H and O–H groups in total. The second-order valence-corrected chi connectivity index (χ2v) is 9.60. The number of thiazole rings is 1. The molecule has 3 atom stereocenters. The number of hydrogen-bond acceptors (Lipinski definition) is 9. The van der Waals surface area contributed by atoms with Crippen molar-refractivity contribution in [1.29, 1.82) is 0 Å². The SMILES string of the molecule is CCC(=O)c1ncn2c(C3=C(C(=O)OCc4ccc([N+](=O)[O-])cc4)N4C(=O)[C@H]([C@@H](C)O)[C@H]4C3)csc12. The van der Waals surface area contributed by atoms with E-state index in [-0.39, 0.29) is 35.7 Å². The molecule has 0 spiro atoms. The molecular weight excluding hydrogens is 488 g/mol. The van der Waals surface area contributed by atoms with Crippen molar-refractivity contribution in [3.63, 3.8) is 0 Å². The summed E-state index contributed by atoms with van der Waals surface area (Å²) >= 11 is 1.32. The lowest BCUT2D eigenvalue weighted by Crippen LogP contribution is -2.61. The molecule has 2 aromatic heterocycles. The van der Waals surface area contributed by atoms with E-state index in [0.29, 0.717) is 40.2 Å². The van der Waals surface area contributed by atoms with E-state index < -0.39 is 22.9 Å². The maximum Gasteiger partial charge on any atom is 0.355 e. The summed E-state index contributed by atoms with van der Waals surface area (Å²) in [5, 5.41) is 22.8. The number of aromatic nitrogens is 2. The minimum absolute atomic E-state index is 0.0771. The number of aliphatic hydroxyl groups is 1. The van der Waals surface area contributed by atoms with Gasteiger partial charge in [-0.3, -0.25) is 24.1 Å². The molecule has 1 fully saturated rings. The zero-order chi connectivity index (χ0) is 25.7. The maximum absolute atomic E-state index is 13.3. The number of nitro groups is 1. The van der Waals surface area contributed by atoms with E-state index >= 15 is 0 Å². The molecule has 0 radical (unpaired) electrons. The van der Waals surface area contributed by atoms with Crippen LogP contribution >= 0.6 is 11.3 Å². The van der Waals surface area contributed by atoms with Gasteiger partial charge in [0.15, 0.2) is 5.78 Å². The molecule has 2 aliphatic heterocycles. The number of non-ortho nitro benzene ring substituents is 1. The minimum Gasteiger partial charge on any atom is -0.456 e. The number of amides is 1. The Morgan fingerprint density at radius 1 is 1.33 bits per heavy atom. The Labute approximate surface area is 208 Å². The van der Waals surface area contributed by atoms with Gasteiger partial charge < -0.3 is 14.7 Å². The van der Waals surface area contributed by atoms with Crippen LogP contribution < -0.4 is 0 Å². The first-order chi connectivity index (χ1) is 17.2. The molecule has 5 rings (SSSR count). The fraction of sp³-hybridized carbons (Fsp3) is 0.333. The van der Waals surface area contributed by atoms with Gasteiger partial charge in [0.05, 0.1) is 28.7 Å². The molecule has 2 aliphatic rings. The summed E-state index contributed by atoms with van der Waals surface area (Å²) < 4.78 is 7.25. The molecule has 12 heteroatoms. The van der Waals surface area contributed by atoms with Crippen molar-refractivity contribution in [2.75, 3.05) is 0 Å². The van der Waals surface area contributed by atoms with E-state index in [1.165, 1.54) is 46.8 Å². The number of ketones is 1. The highest BCUT2D eigenvalue weighted by Crippen LogP contribution is 2.48. The molecule has 0 bridgehead atoms. The topological polar surface area (TPSA) is 144 Å². The Bertz CT molecular complexity index is 1440. The Hall–Kier alpha value is -3.90. The van der Waals surface area contributed by atoms with Gasteiger partial charge in [-0.2, -0.15) is 0 Å². The molecule has 1 amide bonds. The Morgan fingerprint density at radius 3 is 2.69 bits per heavy atom. The lowest BCUT2D eigenvalue weighted by Gasteiger charge is -2.44. The van der Waals surface area contributed by atoms with Crippen LogP contribution in [0.1, 0.15) is 48.4 Å². The third-order valence-corrected chi connectivity index (χ3v) is 7.55. The van der Waals surface area contributed by atoms with Crippen LogP contribution in [-0.4, -0.2) is 54.1 Å². The van der Waals surface area contributed by atoms with E-state index in [9.17, 15) is 29.6 Å². The van der Waals surface area contributed by atoms with Gasteiger partial charge >= 0.3 is 5.97 Å². The number of esters is 1. The smallest absolute Gasteiger partial charge is 0.355 e. The number of carbonyl (C=O) groups excluding carboxylic acids is 3. The second kappa shape index (κ2) is 8.95. The van der Waals surface area contributed by atoms with Crippen LogP contribution in [0.2, 0.25) is 0 Å². The van der Waals surface area contributed by atoms with Crippen LogP contribution in [0.25, 0.3) is 10.4 Å². The average Bonchev–Trinajstić information content (AvgIpc) is 3.54. The highest BCUT2D eigenvalue weighted by Gasteiger charge is 2.57. The highest BCUT2D eigenvalue weighted by molar-refractivity contribution is 7.16. The quantitative estimate of drug-likeness (QED) is 0.160. The Kier molecular flexibility index (Phi) is 5.92. The van der Waals surface area contributed by atoms with Gasteiger partial charge in [-0.15, -0.1) is 11.3 Å². The van der Waals surface area contributed by atoms with Crippen molar-refractivity contribution >= 4 is 45.1 Å². The first kappa shape index (κ1) is 23.8. The summed E-state index contributed by atoms with van der Waals surface area (Å²) in [6.07, 6.45) is 1.30. The lowest BCUT2D eigenvalue weighted by molar-refractivity contribution is -0.384. The van der Waals surface area contributed by atoms with Gasteiger partial charge in [0.1, 0.15) is 29.2 Å². The standard InChI is InChI=1S/C24H22N4O7S/c1-3-18(30)20-23-26(11-25-20)17(10-36-23)15-8-16-19(12(2)29)22(31)27(16)21(15)24(32)35-9-13-4-6-14(7-5-13)28(33)34/h4-7,10-12,16,19,29H,3,8-9H2,1-2H3/t12-,16-,19-/m1/s1. The summed E-state index contributed by atoms with van der Waals surface area (Å²) in [5.41, 5.74) is 2.14. The number of nitro benzene ring substituents is 1. The number of benzene rings is 1. The molecule has 3 aromatic rings. The first-order valence-corrected chi connectivity index (χ1v) is 12.2. The average molecular weight is 511 g/mol. The molecule has 186 valence electrons. The van der Waals surface area contributed by atoms with E-state index in [1.54, 1.807) is 18.2 Å². The lowest BCUT2D eigenvalue weighted by atomic mass is 9.83. The molecule has 0 saturated carbocycles. The molecule has 0 unspecified atom stereocenters. The van der Waals surface area contributed by atoms with Gasteiger partial charge in [0, 0.05) is 29.5 Å². The number of rotatable bonds is 8. The van der Waals surface area contributed by atoms with Crippen molar-refractivity contribution in [3.05, 3.63) is 68.7 Å². The Morgan fingerprint density at radius 2 is 2.06 bits per heavy atom. The molecule has 4 heterocycles. The summed E-state index contributed by atoms with van der Waals surface area (Å²) in [5.74, 6) is -1.80. The van der Waals surface area contributed by atoms with Gasteiger partial charge in [0.2, 0.25) is 5.91 Å². The highest BCUT2D eigenvalue weighted by atomic mass is 32.1. The monoisotopic (exact) mass is 510 g/mol. The van der Waals surface area contributed by atoms with Crippen molar-refractivity contribution < 1.29 is 29.2 Å². The summed E-state index contributed by atoms with van der Waals surface area (Å²) in [4.78, 5) is 55.1. The van der Waals surface area contributed by atoms with Crippen molar-refractivity contribution in [2.45, 2.75) is 45.4 Å². The van der Waals surface area contributed by atoms with Crippen LogP contribution in [0, 0.1) is 16.0 Å². The number of fused-ring (bicyclic) bond motifs is 2. The minimum atomic E-state index is -0.875. The van der Waals surface area contributed by atoms with Gasteiger partial charge in [-0.1, -0.05) is 6.92 Å². The predicted molar refractivity (Wildman–Crippen MR) is 128 cm³/mol. The zero-order valence-electron chi connectivity index (χ0n) is 19.4. The largest absolute Gasteiger partial charge is 0.456 e. The number of ether oxygens (including phenoxy) is 1. The molecule has 0 aliphatic carbocycles. The van der Waals surface area contributed by atoms with E-state index in [1.807, 2.05) is 5.38 Å². The van der Waals surface area contributed by atoms with E-state index in [2.05, 4.69) is 4.98 Å². The number of hydrogen-bond donors (Lipinski definition) is 1. The zero-order valence-corrected chi connectivity index (χ0v) is 20.2. The third kappa shape index (κ3) is 3.69. The fourth-order valence-corrected chi connectivity index (χ4v) is 5.80. The second-order valence-electron chi connectivity index (χ2n) is 8.74. The number of Topliss-reactive ketones (excluding diaryl/α,β-unsaturated/α-hetero) is 1. The Balaban J connectivity index is 1.49. The fourth-order valence-electron chi connectivity index (χ4n) is 4.78. The number of aliphatic hydroxyl groups excluding tert-OH is 1. The predicted octanol–water partition coefficient (Wildman–Crippen LogP) is 2.96. The van der Waals surface area contributed by atoms with Crippen LogP contribution in [-0.2, 0) is 20.9 Å². The number of imidazole rings is 1. The van der Waals surface area contributed by atoms with Crippen molar-refractivity contribution in [2.24, 2.45) is 5.92 Å². The van der Waals surface area contributed by atoms with Gasteiger partial charge in [-0.05, 0) is 31.0 Å². The molecule has 1 saturated heterocycles. The summed E-state index contributed by atoms with van der Waals surface area (Å²) in [6, 6.07) is 5.25. The van der Waals surface area contributed by atoms with Crippen molar-refractivity contribution in [1.82, 2.24) is 14.3 Å². The number of carbonyl (C=O) groups is 3. The molecule has 11 nitrogen and oxygen atoms in total. The molecule has 36 heavy (non-hydrogen) atoms. The number of β-lactam (4-membered cyclic amide) rings is 1. The van der Waals surface area contributed by atoms with Crippen molar-refractivity contribution in [3.8, 4) is 0 Å². The van der Waals surface area contributed by atoms with Crippen LogP contribution in [0.15, 0.2) is 41.7 Å². The van der Waals surface area contributed by atoms with E-state index in [4.69, 9.17) is 4.74 Å². The first-order valence-electron chi connectivity index (χ1n) is 11.4. The van der Waals surface area contributed by atoms with Crippen LogP contribution in [0.3, 0.4) is 0 Å². The normalized spacial score (nSPS) is 19.9.